The van der Waals surface area contributed by atoms with Crippen molar-refractivity contribution in [3.63, 3.8) is 0 Å². The number of aromatic amines is 1. The van der Waals surface area contributed by atoms with Gasteiger partial charge in [-0.3, -0.25) is 19.6 Å². The van der Waals surface area contributed by atoms with Crippen molar-refractivity contribution in [3.05, 3.63) is 51.0 Å². The van der Waals surface area contributed by atoms with Crippen molar-refractivity contribution in [2.45, 2.75) is 27.2 Å². The molecule has 0 fully saturated rings. The van der Waals surface area contributed by atoms with Crippen LogP contribution in [-0.2, 0) is 6.42 Å². The predicted octanol–water partition coefficient (Wildman–Crippen LogP) is 0.458. The summed E-state index contributed by atoms with van der Waals surface area (Å²) in [4.78, 5) is 32.2. The number of hydrogen-bond donors (Lipinski definition) is 2. The highest BCUT2D eigenvalue weighted by Gasteiger charge is 2.15. The van der Waals surface area contributed by atoms with E-state index >= 15 is 0 Å². The van der Waals surface area contributed by atoms with Gasteiger partial charge in [-0.1, -0.05) is 0 Å². The van der Waals surface area contributed by atoms with E-state index in [2.05, 4.69) is 25.5 Å². The Hall–Kier alpha value is -2.57. The molecule has 7 heteroatoms. The molecule has 0 saturated carbocycles. The second-order valence-electron chi connectivity index (χ2n) is 4.73. The van der Waals surface area contributed by atoms with Crippen LogP contribution in [0, 0.1) is 20.8 Å². The Balaban J connectivity index is 2.05. The predicted molar refractivity (Wildman–Crippen MR) is 77.1 cm³/mol. The molecule has 2 aromatic rings. The molecule has 0 aliphatic heterocycles. The van der Waals surface area contributed by atoms with E-state index in [1.807, 2.05) is 6.92 Å². The normalized spacial score (nSPS) is 10.4. The summed E-state index contributed by atoms with van der Waals surface area (Å²) in [5, 5.41) is 8.87. The van der Waals surface area contributed by atoms with E-state index in [0.29, 0.717) is 24.2 Å². The van der Waals surface area contributed by atoms with Crippen LogP contribution < -0.4 is 10.9 Å². The first-order chi connectivity index (χ1) is 10.0. The number of aromatic nitrogens is 4. The van der Waals surface area contributed by atoms with E-state index in [1.165, 1.54) is 0 Å². The molecule has 7 nitrogen and oxygen atoms in total. The second kappa shape index (κ2) is 6.25. The number of carbonyl (C=O) groups excluding carboxylic acids is 1. The zero-order valence-corrected chi connectivity index (χ0v) is 12.2. The van der Waals surface area contributed by atoms with Crippen LogP contribution in [0.25, 0.3) is 0 Å². The van der Waals surface area contributed by atoms with Crippen molar-refractivity contribution in [2.75, 3.05) is 6.54 Å². The molecule has 0 bridgehead atoms. The van der Waals surface area contributed by atoms with Gasteiger partial charge in [-0.2, -0.15) is 5.10 Å². The van der Waals surface area contributed by atoms with E-state index in [-0.39, 0.29) is 5.56 Å². The molecule has 2 heterocycles. The van der Waals surface area contributed by atoms with Gasteiger partial charge in [0.25, 0.3) is 11.5 Å². The lowest BCUT2D eigenvalue weighted by molar-refractivity contribution is 0.0951. The number of amides is 1. The van der Waals surface area contributed by atoms with Crippen LogP contribution >= 0.6 is 0 Å². The average molecular weight is 287 g/mol. The number of nitrogens with zero attached hydrogens (tertiary/aromatic N) is 3. The minimum absolute atomic E-state index is 0.110. The molecule has 2 N–H and O–H groups in total. The zero-order chi connectivity index (χ0) is 15.4. The summed E-state index contributed by atoms with van der Waals surface area (Å²) in [5.41, 5.74) is 2.51. The van der Waals surface area contributed by atoms with Gasteiger partial charge in [-0.15, -0.1) is 0 Å². The molecule has 0 unspecified atom stereocenters. The van der Waals surface area contributed by atoms with Crippen molar-refractivity contribution < 1.29 is 4.79 Å². The highest BCUT2D eigenvalue weighted by Crippen LogP contribution is 2.05. The number of H-pyrrole nitrogens is 1. The van der Waals surface area contributed by atoms with Crippen LogP contribution in [0.4, 0.5) is 0 Å². The zero-order valence-electron chi connectivity index (χ0n) is 12.2. The maximum Gasteiger partial charge on any atom is 0.277 e. The molecule has 2 aromatic heterocycles. The van der Waals surface area contributed by atoms with Crippen molar-refractivity contribution in [1.82, 2.24) is 25.5 Å². The third kappa shape index (κ3) is 3.31. The molecule has 1 amide bonds. The van der Waals surface area contributed by atoms with Gasteiger partial charge >= 0.3 is 0 Å². The Morgan fingerprint density at radius 1 is 1.19 bits per heavy atom. The maximum absolute atomic E-state index is 12.1. The quantitative estimate of drug-likeness (QED) is 0.850. The van der Waals surface area contributed by atoms with Gasteiger partial charge < -0.3 is 5.32 Å². The third-order valence-corrected chi connectivity index (χ3v) is 3.33. The van der Waals surface area contributed by atoms with E-state index in [4.69, 9.17) is 0 Å². The molecular formula is C14H17N5O2. The maximum atomic E-state index is 12.1. The fourth-order valence-electron chi connectivity index (χ4n) is 1.96. The second-order valence-corrected chi connectivity index (χ2v) is 4.73. The minimum Gasteiger partial charge on any atom is -0.351 e. The van der Waals surface area contributed by atoms with E-state index in [0.717, 1.165) is 11.4 Å². The van der Waals surface area contributed by atoms with Crippen molar-refractivity contribution in [2.24, 2.45) is 0 Å². The van der Waals surface area contributed by atoms with Crippen molar-refractivity contribution >= 4 is 5.91 Å². The van der Waals surface area contributed by atoms with E-state index in [9.17, 15) is 9.59 Å². The summed E-state index contributed by atoms with van der Waals surface area (Å²) in [6, 6.07) is 0. The Bertz CT molecular complexity index is 724. The Morgan fingerprint density at radius 3 is 2.62 bits per heavy atom. The first-order valence-electron chi connectivity index (χ1n) is 6.61. The molecule has 0 aliphatic rings. The third-order valence-electron chi connectivity index (χ3n) is 3.33. The summed E-state index contributed by atoms with van der Waals surface area (Å²) in [7, 11) is 0. The SMILES string of the molecule is Cc1nccnc1CCNC(=O)c1c(C)c(C)n[nH]c1=O. The molecule has 2 rings (SSSR count). The number of rotatable bonds is 4. The van der Waals surface area contributed by atoms with Gasteiger partial charge in [0, 0.05) is 25.4 Å². The van der Waals surface area contributed by atoms with Crippen LogP contribution in [-0.4, -0.2) is 32.6 Å². The number of carbonyl (C=O) groups is 1. The highest BCUT2D eigenvalue weighted by molar-refractivity contribution is 5.95. The summed E-state index contributed by atoms with van der Waals surface area (Å²) < 4.78 is 0. The van der Waals surface area contributed by atoms with Gasteiger partial charge in [0.15, 0.2) is 0 Å². The fourth-order valence-corrected chi connectivity index (χ4v) is 1.96. The van der Waals surface area contributed by atoms with E-state index < -0.39 is 11.5 Å². The lowest BCUT2D eigenvalue weighted by Gasteiger charge is -2.08. The lowest BCUT2D eigenvalue weighted by Crippen LogP contribution is -2.33. The number of nitrogens with one attached hydrogen (secondary N) is 2. The van der Waals surface area contributed by atoms with Crippen molar-refractivity contribution in [3.8, 4) is 0 Å². The number of hydrogen-bond acceptors (Lipinski definition) is 5. The van der Waals surface area contributed by atoms with Crippen LogP contribution in [0.2, 0.25) is 0 Å². The largest absolute Gasteiger partial charge is 0.351 e. The molecule has 0 aromatic carbocycles. The van der Waals surface area contributed by atoms with Crippen molar-refractivity contribution in [1.29, 1.82) is 0 Å². The van der Waals surface area contributed by atoms with Crippen LogP contribution in [0.1, 0.15) is 33.0 Å². The Kier molecular flexibility index (Phi) is 4.42. The molecule has 0 atom stereocenters. The standard InChI is InChI=1S/C14H17N5O2/c1-8-9(2)18-19-14(21)12(8)13(20)17-5-4-11-10(3)15-6-7-16-11/h6-7H,4-5H2,1-3H3,(H,17,20)(H,19,21). The molecule has 0 aliphatic carbocycles. The molecular weight excluding hydrogens is 270 g/mol. The first kappa shape index (κ1) is 14.8. The van der Waals surface area contributed by atoms with Gasteiger partial charge in [-0.25, -0.2) is 5.10 Å². The van der Waals surface area contributed by atoms with Gasteiger partial charge in [0.1, 0.15) is 5.56 Å². The minimum atomic E-state index is -0.480. The summed E-state index contributed by atoms with van der Waals surface area (Å²) in [6.45, 7) is 5.70. The average Bonchev–Trinajstić information content (AvgIpc) is 2.45. The molecule has 110 valence electrons. The van der Waals surface area contributed by atoms with Gasteiger partial charge in [0.05, 0.1) is 17.1 Å². The van der Waals surface area contributed by atoms with Crippen LogP contribution in [0.15, 0.2) is 17.2 Å². The lowest BCUT2D eigenvalue weighted by atomic mass is 10.1. The summed E-state index contributed by atoms with van der Waals surface area (Å²) in [5.74, 6) is -0.402. The fraction of sp³-hybridized carbons (Fsp3) is 0.357. The number of aryl methyl sites for hydroxylation is 2. The van der Waals surface area contributed by atoms with Gasteiger partial charge in [-0.05, 0) is 26.3 Å². The monoisotopic (exact) mass is 287 g/mol. The Morgan fingerprint density at radius 2 is 1.90 bits per heavy atom. The smallest absolute Gasteiger partial charge is 0.277 e. The van der Waals surface area contributed by atoms with Crippen LogP contribution in [0.3, 0.4) is 0 Å². The summed E-state index contributed by atoms with van der Waals surface area (Å²) in [6.07, 6.45) is 3.80. The molecule has 0 saturated heterocycles. The van der Waals surface area contributed by atoms with Crippen LogP contribution in [0.5, 0.6) is 0 Å². The molecule has 0 radical (unpaired) electrons. The first-order valence-corrected chi connectivity index (χ1v) is 6.61. The molecule has 21 heavy (non-hydrogen) atoms. The Labute approximate surface area is 121 Å². The topological polar surface area (TPSA) is 101 Å². The molecule has 0 spiro atoms. The van der Waals surface area contributed by atoms with E-state index in [1.54, 1.807) is 26.2 Å². The van der Waals surface area contributed by atoms with Gasteiger partial charge in [0.2, 0.25) is 0 Å². The summed E-state index contributed by atoms with van der Waals surface area (Å²) >= 11 is 0. The highest BCUT2D eigenvalue weighted by atomic mass is 16.2.